The molecule has 1 heterocycles. The molecule has 0 amide bonds. The average Bonchev–Trinajstić information content (AvgIpc) is 3.00. The van der Waals surface area contributed by atoms with Gasteiger partial charge in [-0.3, -0.25) is 9.89 Å². The van der Waals surface area contributed by atoms with Crippen LogP contribution in [0.2, 0.25) is 5.02 Å². The molecule has 1 aromatic rings. The van der Waals surface area contributed by atoms with E-state index in [0.717, 1.165) is 30.6 Å². The average molecular weight is 463 g/mol. The summed E-state index contributed by atoms with van der Waals surface area (Å²) in [5.41, 5.74) is 7.28. The molecular weight excluding hydrogens is 435 g/mol. The van der Waals surface area contributed by atoms with E-state index in [4.69, 9.17) is 17.3 Å². The second-order valence-electron chi connectivity index (χ2n) is 6.72. The minimum Gasteiger partial charge on any atom is -0.370 e. The second kappa shape index (κ2) is 9.82. The van der Waals surface area contributed by atoms with Crippen molar-refractivity contribution in [3.63, 3.8) is 0 Å². The summed E-state index contributed by atoms with van der Waals surface area (Å²) in [6.45, 7) is 3.90. The molecule has 2 fully saturated rings. The Morgan fingerprint density at radius 3 is 2.67 bits per heavy atom. The molecular formula is C18H28ClIN4. The van der Waals surface area contributed by atoms with Crippen LogP contribution >= 0.6 is 35.6 Å². The second-order valence-corrected chi connectivity index (χ2v) is 7.15. The van der Waals surface area contributed by atoms with Crippen molar-refractivity contribution in [2.24, 2.45) is 16.6 Å². The first-order valence-corrected chi connectivity index (χ1v) is 9.13. The molecule has 1 unspecified atom stereocenters. The van der Waals surface area contributed by atoms with Gasteiger partial charge in [0.2, 0.25) is 0 Å². The zero-order chi connectivity index (χ0) is 16.1. The molecule has 0 bridgehead atoms. The number of guanidine groups is 1. The zero-order valence-electron chi connectivity index (χ0n) is 14.1. The summed E-state index contributed by atoms with van der Waals surface area (Å²) in [5, 5.41) is 4.06. The zero-order valence-corrected chi connectivity index (χ0v) is 17.2. The van der Waals surface area contributed by atoms with Crippen molar-refractivity contribution >= 4 is 41.5 Å². The molecule has 1 saturated carbocycles. The first-order valence-electron chi connectivity index (χ1n) is 8.75. The SMILES string of the molecule is I.NC(=NCC(c1cccc(Cl)c1)N1CCCC1)NCC1CCC1. The monoisotopic (exact) mass is 462 g/mol. The number of nitrogens with zero attached hydrogens (tertiary/aromatic N) is 2. The molecule has 3 rings (SSSR count). The number of likely N-dealkylation sites (tertiary alicyclic amines) is 1. The third-order valence-corrected chi connectivity index (χ3v) is 5.28. The fourth-order valence-electron chi connectivity index (χ4n) is 3.39. The first kappa shape index (κ1) is 19.8. The number of nitrogens with two attached hydrogens (primary N) is 1. The van der Waals surface area contributed by atoms with E-state index in [1.54, 1.807) is 0 Å². The van der Waals surface area contributed by atoms with Crippen LogP contribution in [0, 0.1) is 5.92 Å². The molecule has 0 aromatic heterocycles. The predicted molar refractivity (Wildman–Crippen MR) is 112 cm³/mol. The smallest absolute Gasteiger partial charge is 0.188 e. The maximum Gasteiger partial charge on any atom is 0.188 e. The molecule has 1 atom stereocenters. The van der Waals surface area contributed by atoms with Crippen molar-refractivity contribution in [2.45, 2.75) is 38.1 Å². The van der Waals surface area contributed by atoms with Crippen LogP contribution in [0.4, 0.5) is 0 Å². The van der Waals surface area contributed by atoms with Gasteiger partial charge in [0.1, 0.15) is 0 Å². The van der Waals surface area contributed by atoms with Crippen LogP contribution < -0.4 is 11.1 Å². The van der Waals surface area contributed by atoms with Gasteiger partial charge in [0.15, 0.2) is 5.96 Å². The van der Waals surface area contributed by atoms with Crippen LogP contribution in [0.1, 0.15) is 43.7 Å². The van der Waals surface area contributed by atoms with Gasteiger partial charge in [0.25, 0.3) is 0 Å². The molecule has 24 heavy (non-hydrogen) atoms. The third-order valence-electron chi connectivity index (χ3n) is 5.05. The van der Waals surface area contributed by atoms with Crippen LogP contribution in [-0.4, -0.2) is 37.0 Å². The highest BCUT2D eigenvalue weighted by atomic mass is 127. The lowest BCUT2D eigenvalue weighted by Gasteiger charge is -2.27. The summed E-state index contributed by atoms with van der Waals surface area (Å²) in [7, 11) is 0. The lowest BCUT2D eigenvalue weighted by Crippen LogP contribution is -2.38. The Kier molecular flexibility index (Phi) is 8.10. The van der Waals surface area contributed by atoms with Gasteiger partial charge in [-0.1, -0.05) is 30.2 Å². The van der Waals surface area contributed by atoms with Crippen molar-refractivity contribution < 1.29 is 0 Å². The Labute approximate surface area is 167 Å². The van der Waals surface area contributed by atoms with Crippen LogP contribution in [0.5, 0.6) is 0 Å². The summed E-state index contributed by atoms with van der Waals surface area (Å²) in [6.07, 6.45) is 6.51. The standard InChI is InChI=1S/C18H27ClN4.HI/c19-16-8-4-7-15(11-16)17(23-9-1-2-10-23)13-22-18(20)21-12-14-5-3-6-14;/h4,7-8,11,14,17H,1-3,5-6,9-10,12-13H2,(H3,20,21,22);1H. The lowest BCUT2D eigenvalue weighted by molar-refractivity contribution is 0.251. The number of hydrogen-bond donors (Lipinski definition) is 2. The van der Waals surface area contributed by atoms with Gasteiger partial charge in [-0.05, 0) is 62.4 Å². The third kappa shape index (κ3) is 5.49. The fraction of sp³-hybridized carbons (Fsp3) is 0.611. The van der Waals surface area contributed by atoms with E-state index in [1.165, 1.54) is 37.7 Å². The Morgan fingerprint density at radius 2 is 2.04 bits per heavy atom. The van der Waals surface area contributed by atoms with E-state index < -0.39 is 0 Å². The first-order chi connectivity index (χ1) is 11.2. The predicted octanol–water partition coefficient (Wildman–Crippen LogP) is 3.80. The summed E-state index contributed by atoms with van der Waals surface area (Å²) >= 11 is 6.17. The van der Waals surface area contributed by atoms with Gasteiger partial charge in [-0.15, -0.1) is 24.0 Å². The molecule has 134 valence electrons. The van der Waals surface area contributed by atoms with Gasteiger partial charge in [0, 0.05) is 11.6 Å². The molecule has 1 saturated heterocycles. The molecule has 2 aliphatic rings. The molecule has 4 nitrogen and oxygen atoms in total. The quantitative estimate of drug-likeness (QED) is 0.384. The highest BCUT2D eigenvalue weighted by Crippen LogP contribution is 2.27. The van der Waals surface area contributed by atoms with E-state index in [1.807, 2.05) is 12.1 Å². The Hall–Kier alpha value is -0.530. The molecule has 3 N–H and O–H groups in total. The van der Waals surface area contributed by atoms with E-state index in [9.17, 15) is 0 Å². The summed E-state index contributed by atoms with van der Waals surface area (Å²) in [4.78, 5) is 7.10. The molecule has 0 spiro atoms. The van der Waals surface area contributed by atoms with E-state index in [0.29, 0.717) is 12.5 Å². The highest BCUT2D eigenvalue weighted by molar-refractivity contribution is 14.0. The van der Waals surface area contributed by atoms with E-state index in [-0.39, 0.29) is 30.0 Å². The number of nitrogens with one attached hydrogen (secondary N) is 1. The summed E-state index contributed by atoms with van der Waals surface area (Å²) in [5.74, 6) is 1.36. The van der Waals surface area contributed by atoms with Crippen molar-refractivity contribution in [3.05, 3.63) is 34.9 Å². The normalized spacial score (nSPS) is 20.3. The highest BCUT2D eigenvalue weighted by Gasteiger charge is 2.23. The van der Waals surface area contributed by atoms with Gasteiger partial charge in [-0.25, -0.2) is 0 Å². The van der Waals surface area contributed by atoms with Crippen LogP contribution in [0.3, 0.4) is 0 Å². The van der Waals surface area contributed by atoms with Crippen molar-refractivity contribution in [2.75, 3.05) is 26.2 Å². The number of rotatable bonds is 6. The van der Waals surface area contributed by atoms with Crippen molar-refractivity contribution in [1.29, 1.82) is 0 Å². The van der Waals surface area contributed by atoms with Gasteiger partial charge < -0.3 is 11.1 Å². The van der Waals surface area contributed by atoms with Gasteiger partial charge >= 0.3 is 0 Å². The van der Waals surface area contributed by atoms with Crippen molar-refractivity contribution in [1.82, 2.24) is 10.2 Å². The van der Waals surface area contributed by atoms with Crippen LogP contribution in [0.15, 0.2) is 29.3 Å². The Morgan fingerprint density at radius 1 is 1.29 bits per heavy atom. The molecule has 6 heteroatoms. The molecule has 0 radical (unpaired) electrons. The minimum atomic E-state index is 0. The maximum absolute atomic E-state index is 6.17. The summed E-state index contributed by atoms with van der Waals surface area (Å²) in [6, 6.07) is 8.40. The van der Waals surface area contributed by atoms with E-state index in [2.05, 4.69) is 27.3 Å². The Bertz CT molecular complexity index is 542. The van der Waals surface area contributed by atoms with Crippen molar-refractivity contribution in [3.8, 4) is 0 Å². The lowest BCUT2D eigenvalue weighted by atomic mass is 9.85. The van der Waals surface area contributed by atoms with Gasteiger partial charge in [0.05, 0.1) is 12.6 Å². The number of benzene rings is 1. The number of aliphatic imine (C=N–C) groups is 1. The molecule has 1 aliphatic heterocycles. The number of halogens is 2. The maximum atomic E-state index is 6.17. The topological polar surface area (TPSA) is 53.6 Å². The fourth-order valence-corrected chi connectivity index (χ4v) is 3.58. The van der Waals surface area contributed by atoms with Gasteiger partial charge in [-0.2, -0.15) is 0 Å². The van der Waals surface area contributed by atoms with Crippen LogP contribution in [-0.2, 0) is 0 Å². The minimum absolute atomic E-state index is 0. The van der Waals surface area contributed by atoms with E-state index >= 15 is 0 Å². The number of hydrogen-bond acceptors (Lipinski definition) is 2. The summed E-state index contributed by atoms with van der Waals surface area (Å²) < 4.78 is 0. The van der Waals surface area contributed by atoms with Crippen LogP contribution in [0.25, 0.3) is 0 Å². The molecule has 1 aromatic carbocycles. The Balaban J connectivity index is 0.00000208. The largest absolute Gasteiger partial charge is 0.370 e. The molecule has 1 aliphatic carbocycles.